The van der Waals surface area contributed by atoms with Crippen LogP contribution in [0.1, 0.15) is 20.3 Å². The summed E-state index contributed by atoms with van der Waals surface area (Å²) in [6.45, 7) is 8.48. The van der Waals surface area contributed by atoms with E-state index in [1.54, 1.807) is 6.20 Å². The van der Waals surface area contributed by atoms with Crippen LogP contribution in [0.25, 0.3) is 0 Å². The number of aromatic nitrogens is 1. The maximum absolute atomic E-state index is 12.3. The van der Waals surface area contributed by atoms with E-state index < -0.39 is 0 Å². The molecule has 3 N–H and O–H groups in total. The maximum Gasteiger partial charge on any atom is 0.224 e. The lowest BCUT2D eigenvalue weighted by molar-refractivity contribution is -0.131. The number of rotatable bonds is 6. The molecule has 1 fully saturated rings. The molecule has 1 saturated heterocycles. The predicted octanol–water partition coefficient (Wildman–Crippen LogP) is 1.30. The van der Waals surface area contributed by atoms with E-state index in [1.165, 1.54) is 0 Å². The largest absolute Gasteiger partial charge is 0.370 e. The Morgan fingerprint density at radius 2 is 2.04 bits per heavy atom. The van der Waals surface area contributed by atoms with Crippen molar-refractivity contribution in [2.45, 2.75) is 20.3 Å². The molecule has 2 heterocycles. The molecule has 140 valence electrons. The summed E-state index contributed by atoms with van der Waals surface area (Å²) in [5.41, 5.74) is 5.77. The normalized spacial score (nSPS) is 15.1. The molecular weight excluding hydrogens is 431 g/mol. The Bertz CT molecular complexity index is 543. The second kappa shape index (κ2) is 11.1. The highest BCUT2D eigenvalue weighted by Crippen LogP contribution is 2.12. The zero-order valence-corrected chi connectivity index (χ0v) is 17.3. The summed E-state index contributed by atoms with van der Waals surface area (Å²) in [7, 11) is 0. The van der Waals surface area contributed by atoms with Crippen molar-refractivity contribution in [3.63, 3.8) is 0 Å². The van der Waals surface area contributed by atoms with E-state index in [2.05, 4.69) is 34.0 Å². The lowest BCUT2D eigenvalue weighted by Gasteiger charge is -2.35. The van der Waals surface area contributed by atoms with Gasteiger partial charge in [0.2, 0.25) is 5.91 Å². The van der Waals surface area contributed by atoms with Crippen molar-refractivity contribution < 1.29 is 4.79 Å². The highest BCUT2D eigenvalue weighted by atomic mass is 127. The van der Waals surface area contributed by atoms with Gasteiger partial charge in [0.25, 0.3) is 0 Å². The summed E-state index contributed by atoms with van der Waals surface area (Å²) in [5.74, 6) is 2.01. The van der Waals surface area contributed by atoms with Crippen molar-refractivity contribution in [3.8, 4) is 0 Å². The Hall–Kier alpha value is -1.58. The number of amides is 1. The van der Waals surface area contributed by atoms with Gasteiger partial charge in [-0.25, -0.2) is 4.98 Å². The van der Waals surface area contributed by atoms with Crippen LogP contribution in [0.4, 0.5) is 5.82 Å². The quantitative estimate of drug-likeness (QED) is 0.380. The van der Waals surface area contributed by atoms with Crippen molar-refractivity contribution in [2.75, 3.05) is 44.2 Å². The smallest absolute Gasteiger partial charge is 0.224 e. The highest BCUT2D eigenvalue weighted by Gasteiger charge is 2.21. The van der Waals surface area contributed by atoms with Crippen LogP contribution in [-0.4, -0.2) is 61.0 Å². The topological polar surface area (TPSA) is 86.8 Å². The van der Waals surface area contributed by atoms with Crippen molar-refractivity contribution in [1.82, 2.24) is 15.2 Å². The number of pyridine rings is 1. The third-order valence-corrected chi connectivity index (χ3v) is 3.88. The van der Waals surface area contributed by atoms with Gasteiger partial charge in [0.1, 0.15) is 5.82 Å². The van der Waals surface area contributed by atoms with E-state index >= 15 is 0 Å². The first-order valence-electron chi connectivity index (χ1n) is 8.54. The minimum absolute atomic E-state index is 0. The fourth-order valence-electron chi connectivity index (χ4n) is 2.52. The van der Waals surface area contributed by atoms with Gasteiger partial charge in [0.15, 0.2) is 5.96 Å². The van der Waals surface area contributed by atoms with Crippen LogP contribution in [0, 0.1) is 5.92 Å². The first-order chi connectivity index (χ1) is 11.6. The summed E-state index contributed by atoms with van der Waals surface area (Å²) < 4.78 is 0. The molecule has 0 atom stereocenters. The van der Waals surface area contributed by atoms with Crippen molar-refractivity contribution in [3.05, 3.63) is 24.4 Å². The zero-order chi connectivity index (χ0) is 17.4. The number of aliphatic imine (C=N–C) groups is 1. The van der Waals surface area contributed by atoms with Gasteiger partial charge in [-0.2, -0.15) is 0 Å². The van der Waals surface area contributed by atoms with Crippen LogP contribution in [-0.2, 0) is 4.79 Å². The van der Waals surface area contributed by atoms with Gasteiger partial charge in [-0.3, -0.25) is 9.79 Å². The molecule has 1 aromatic heterocycles. The number of hydrogen-bond acceptors (Lipinski definition) is 4. The van der Waals surface area contributed by atoms with Gasteiger partial charge in [0, 0.05) is 51.9 Å². The standard InChI is InChI=1S/C17H28N6O.HI/c1-14(2)13-21-17(18)20-8-6-16(24)23-11-9-22(10-12-23)15-5-3-4-7-19-15;/h3-5,7,14H,6,8-13H2,1-2H3,(H3,18,20,21);1H. The van der Waals surface area contributed by atoms with Crippen molar-refractivity contribution in [2.24, 2.45) is 16.6 Å². The molecule has 8 heteroatoms. The van der Waals surface area contributed by atoms with E-state index in [-0.39, 0.29) is 29.9 Å². The molecule has 0 spiro atoms. The van der Waals surface area contributed by atoms with Gasteiger partial charge >= 0.3 is 0 Å². The number of nitrogens with two attached hydrogens (primary N) is 1. The van der Waals surface area contributed by atoms with Crippen LogP contribution < -0.4 is 16.0 Å². The Morgan fingerprint density at radius 3 is 2.64 bits per heavy atom. The first-order valence-corrected chi connectivity index (χ1v) is 8.54. The van der Waals surface area contributed by atoms with Crippen molar-refractivity contribution in [1.29, 1.82) is 0 Å². The Kier molecular flexibility index (Phi) is 9.54. The maximum atomic E-state index is 12.3. The van der Waals surface area contributed by atoms with Gasteiger partial charge in [-0.15, -0.1) is 24.0 Å². The number of carbonyl (C=O) groups is 1. The third kappa shape index (κ3) is 7.45. The van der Waals surface area contributed by atoms with E-state index in [0.29, 0.717) is 31.4 Å². The molecule has 0 aromatic carbocycles. The number of nitrogens with zero attached hydrogens (tertiary/aromatic N) is 4. The lowest BCUT2D eigenvalue weighted by atomic mass is 10.2. The third-order valence-electron chi connectivity index (χ3n) is 3.88. The minimum atomic E-state index is 0. The van der Waals surface area contributed by atoms with Crippen LogP contribution in [0.5, 0.6) is 0 Å². The van der Waals surface area contributed by atoms with E-state index in [1.807, 2.05) is 23.1 Å². The SMILES string of the molecule is CC(C)CN=C(N)NCCC(=O)N1CCN(c2ccccn2)CC1.I. The van der Waals surface area contributed by atoms with Crippen molar-refractivity contribution >= 4 is 41.7 Å². The van der Waals surface area contributed by atoms with Crippen LogP contribution >= 0.6 is 24.0 Å². The van der Waals surface area contributed by atoms with Crippen LogP contribution in [0.3, 0.4) is 0 Å². The van der Waals surface area contributed by atoms with Gasteiger partial charge in [-0.05, 0) is 18.1 Å². The number of carbonyl (C=O) groups excluding carboxylic acids is 1. The number of anilines is 1. The molecule has 1 aliphatic rings. The molecule has 25 heavy (non-hydrogen) atoms. The summed E-state index contributed by atoms with van der Waals surface area (Å²) in [6, 6.07) is 5.89. The fourth-order valence-corrected chi connectivity index (χ4v) is 2.52. The summed E-state index contributed by atoms with van der Waals surface area (Å²) >= 11 is 0. The van der Waals surface area contributed by atoms with E-state index in [4.69, 9.17) is 5.73 Å². The second-order valence-electron chi connectivity index (χ2n) is 6.35. The lowest BCUT2D eigenvalue weighted by Crippen LogP contribution is -2.49. The summed E-state index contributed by atoms with van der Waals surface area (Å²) in [6.07, 6.45) is 2.23. The average Bonchev–Trinajstić information content (AvgIpc) is 2.61. The molecule has 1 aliphatic heterocycles. The van der Waals surface area contributed by atoms with Gasteiger partial charge in [0.05, 0.1) is 0 Å². The van der Waals surface area contributed by atoms with E-state index in [0.717, 1.165) is 32.0 Å². The molecule has 0 aliphatic carbocycles. The monoisotopic (exact) mass is 460 g/mol. The molecule has 0 unspecified atom stereocenters. The molecule has 0 saturated carbocycles. The van der Waals surface area contributed by atoms with Crippen LogP contribution in [0.2, 0.25) is 0 Å². The summed E-state index contributed by atoms with van der Waals surface area (Å²) in [5, 5.41) is 3.00. The molecule has 7 nitrogen and oxygen atoms in total. The minimum Gasteiger partial charge on any atom is -0.370 e. The van der Waals surface area contributed by atoms with Gasteiger partial charge < -0.3 is 20.9 Å². The zero-order valence-electron chi connectivity index (χ0n) is 15.0. The number of piperazine rings is 1. The predicted molar refractivity (Wildman–Crippen MR) is 112 cm³/mol. The first kappa shape index (κ1) is 21.5. The Balaban J connectivity index is 0.00000312. The van der Waals surface area contributed by atoms with E-state index in [9.17, 15) is 4.79 Å². The Labute approximate surface area is 167 Å². The molecule has 2 rings (SSSR count). The molecule has 1 amide bonds. The molecule has 1 aromatic rings. The second-order valence-corrected chi connectivity index (χ2v) is 6.35. The summed E-state index contributed by atoms with van der Waals surface area (Å²) in [4.78, 5) is 25.0. The molecule has 0 radical (unpaired) electrons. The number of nitrogens with one attached hydrogen (secondary N) is 1. The number of halogens is 1. The Morgan fingerprint density at radius 1 is 1.32 bits per heavy atom. The number of hydrogen-bond donors (Lipinski definition) is 2. The van der Waals surface area contributed by atoms with Crippen LogP contribution in [0.15, 0.2) is 29.4 Å². The average molecular weight is 460 g/mol. The van der Waals surface area contributed by atoms with Gasteiger partial charge in [-0.1, -0.05) is 19.9 Å². The fraction of sp³-hybridized carbons (Fsp3) is 0.588. The molecule has 0 bridgehead atoms. The molecular formula is C17H29IN6O. The highest BCUT2D eigenvalue weighted by molar-refractivity contribution is 14.0. The number of guanidine groups is 1.